The van der Waals surface area contributed by atoms with E-state index in [4.69, 9.17) is 16.3 Å². The zero-order chi connectivity index (χ0) is 14.8. The van der Waals surface area contributed by atoms with Gasteiger partial charge in [-0.05, 0) is 51.0 Å². The Bertz CT molecular complexity index is 830. The van der Waals surface area contributed by atoms with E-state index < -0.39 is 0 Å². The molecule has 0 bridgehead atoms. The highest BCUT2D eigenvalue weighted by molar-refractivity contribution is 9.10. The topological polar surface area (TPSA) is 26.3 Å². The van der Waals surface area contributed by atoms with Crippen LogP contribution in [0.4, 0.5) is 0 Å². The molecular weight excluding hydrogens is 352 g/mol. The highest BCUT2D eigenvalue weighted by Gasteiger charge is 2.09. The Morgan fingerprint density at radius 1 is 1.00 bits per heavy atom. The van der Waals surface area contributed by atoms with Crippen molar-refractivity contribution in [2.75, 3.05) is 0 Å². The molecule has 4 heteroatoms. The molecule has 21 heavy (non-hydrogen) atoms. The number of halogens is 2. The summed E-state index contributed by atoms with van der Waals surface area (Å²) in [5, 5.41) is 2.59. The molecule has 0 aliphatic carbocycles. The lowest BCUT2D eigenvalue weighted by atomic mass is 10.1. The molecule has 0 heterocycles. The predicted molar refractivity (Wildman–Crippen MR) is 88.6 cm³/mol. The Balaban J connectivity index is 2.02. The molecular formula is C17H10BrClO2. The molecule has 0 atom stereocenters. The average molecular weight is 362 g/mol. The lowest BCUT2D eigenvalue weighted by Crippen LogP contribution is -1.89. The zero-order valence-electron chi connectivity index (χ0n) is 10.8. The molecule has 0 amide bonds. The molecule has 0 N–H and O–H groups in total. The molecule has 3 aromatic rings. The van der Waals surface area contributed by atoms with Crippen LogP contribution in [0.1, 0.15) is 10.4 Å². The number of hydrogen-bond donors (Lipinski definition) is 0. The Morgan fingerprint density at radius 3 is 2.52 bits per heavy atom. The van der Waals surface area contributed by atoms with E-state index in [0.717, 1.165) is 21.5 Å². The van der Waals surface area contributed by atoms with E-state index in [1.165, 1.54) is 0 Å². The molecule has 104 valence electrons. The highest BCUT2D eigenvalue weighted by Crippen LogP contribution is 2.37. The molecule has 3 rings (SSSR count). The van der Waals surface area contributed by atoms with Crippen LogP contribution in [0.15, 0.2) is 59.1 Å². The lowest BCUT2D eigenvalue weighted by Gasteiger charge is -2.11. The van der Waals surface area contributed by atoms with Gasteiger partial charge >= 0.3 is 0 Å². The molecule has 0 radical (unpaired) electrons. The summed E-state index contributed by atoms with van der Waals surface area (Å²) in [7, 11) is 0. The number of rotatable bonds is 3. The minimum Gasteiger partial charge on any atom is -0.455 e. The standard InChI is InChI=1S/C17H10BrClO2/c18-17-13-4-2-1-3-12(13)6-8-16(17)21-15-7-5-11(10-20)9-14(15)19/h1-10H. The number of aldehydes is 1. The highest BCUT2D eigenvalue weighted by atomic mass is 79.9. The molecule has 2 nitrogen and oxygen atoms in total. The van der Waals surface area contributed by atoms with Gasteiger partial charge < -0.3 is 4.74 Å². The Hall–Kier alpha value is -1.84. The van der Waals surface area contributed by atoms with Gasteiger partial charge in [-0.1, -0.05) is 41.9 Å². The second-order valence-electron chi connectivity index (χ2n) is 4.51. The van der Waals surface area contributed by atoms with Crippen LogP contribution in [0, 0.1) is 0 Å². The van der Waals surface area contributed by atoms with Crippen LogP contribution in [0.3, 0.4) is 0 Å². The summed E-state index contributed by atoms with van der Waals surface area (Å²) < 4.78 is 6.72. The van der Waals surface area contributed by atoms with E-state index in [0.29, 0.717) is 22.1 Å². The minimum absolute atomic E-state index is 0.402. The van der Waals surface area contributed by atoms with Crippen molar-refractivity contribution in [1.29, 1.82) is 0 Å². The Kier molecular flexibility index (Phi) is 3.95. The quantitative estimate of drug-likeness (QED) is 0.546. The Labute approximate surface area is 135 Å². The zero-order valence-corrected chi connectivity index (χ0v) is 13.2. The van der Waals surface area contributed by atoms with E-state index in [-0.39, 0.29) is 0 Å². The summed E-state index contributed by atoms with van der Waals surface area (Å²) in [4.78, 5) is 10.7. The van der Waals surface area contributed by atoms with Crippen molar-refractivity contribution >= 4 is 44.6 Å². The smallest absolute Gasteiger partial charge is 0.150 e. The third kappa shape index (κ3) is 2.80. The van der Waals surface area contributed by atoms with Gasteiger partial charge in [0.1, 0.15) is 17.8 Å². The van der Waals surface area contributed by atoms with Crippen LogP contribution >= 0.6 is 27.5 Å². The van der Waals surface area contributed by atoms with Crippen molar-refractivity contribution in [3.05, 3.63) is 69.7 Å². The summed E-state index contributed by atoms with van der Waals surface area (Å²) in [6.07, 6.45) is 0.752. The maximum atomic E-state index is 10.7. The van der Waals surface area contributed by atoms with Gasteiger partial charge in [0.25, 0.3) is 0 Å². The second-order valence-corrected chi connectivity index (χ2v) is 5.71. The van der Waals surface area contributed by atoms with Crippen molar-refractivity contribution in [3.8, 4) is 11.5 Å². The first-order valence-electron chi connectivity index (χ1n) is 6.29. The van der Waals surface area contributed by atoms with Gasteiger partial charge in [-0.25, -0.2) is 0 Å². The molecule has 3 aromatic carbocycles. The van der Waals surface area contributed by atoms with Crippen molar-refractivity contribution in [2.24, 2.45) is 0 Å². The van der Waals surface area contributed by atoms with E-state index in [1.54, 1.807) is 18.2 Å². The van der Waals surface area contributed by atoms with Crippen LogP contribution in [-0.4, -0.2) is 6.29 Å². The fourth-order valence-electron chi connectivity index (χ4n) is 2.08. The van der Waals surface area contributed by atoms with E-state index >= 15 is 0 Å². The third-order valence-corrected chi connectivity index (χ3v) is 4.25. The summed E-state index contributed by atoms with van der Waals surface area (Å²) in [6, 6.07) is 16.8. The number of fused-ring (bicyclic) bond motifs is 1. The van der Waals surface area contributed by atoms with Crippen molar-refractivity contribution in [3.63, 3.8) is 0 Å². The maximum Gasteiger partial charge on any atom is 0.150 e. The first kappa shape index (κ1) is 14.1. The van der Waals surface area contributed by atoms with E-state index in [9.17, 15) is 4.79 Å². The largest absolute Gasteiger partial charge is 0.455 e. The molecule has 0 fully saturated rings. The van der Waals surface area contributed by atoms with Gasteiger partial charge in [-0.15, -0.1) is 0 Å². The molecule has 0 saturated heterocycles. The van der Waals surface area contributed by atoms with Crippen LogP contribution in [-0.2, 0) is 0 Å². The summed E-state index contributed by atoms with van der Waals surface area (Å²) in [5.41, 5.74) is 0.518. The van der Waals surface area contributed by atoms with Gasteiger partial charge in [0.15, 0.2) is 0 Å². The van der Waals surface area contributed by atoms with E-state index in [1.807, 2.05) is 36.4 Å². The molecule has 0 saturated carbocycles. The van der Waals surface area contributed by atoms with Crippen LogP contribution < -0.4 is 4.74 Å². The number of hydrogen-bond acceptors (Lipinski definition) is 2. The van der Waals surface area contributed by atoms with Crippen molar-refractivity contribution in [1.82, 2.24) is 0 Å². The van der Waals surface area contributed by atoms with Gasteiger partial charge in [0.2, 0.25) is 0 Å². The van der Waals surface area contributed by atoms with Crippen LogP contribution in [0.2, 0.25) is 5.02 Å². The number of carbonyl (C=O) groups excluding carboxylic acids is 1. The number of ether oxygens (including phenoxy) is 1. The minimum atomic E-state index is 0.402. The number of benzene rings is 3. The fraction of sp³-hybridized carbons (Fsp3) is 0. The van der Waals surface area contributed by atoms with Crippen LogP contribution in [0.25, 0.3) is 10.8 Å². The first-order chi connectivity index (χ1) is 10.2. The van der Waals surface area contributed by atoms with Crippen molar-refractivity contribution < 1.29 is 9.53 Å². The van der Waals surface area contributed by atoms with Gasteiger partial charge in [0, 0.05) is 5.56 Å². The van der Waals surface area contributed by atoms with Gasteiger partial charge in [-0.3, -0.25) is 4.79 Å². The summed E-state index contributed by atoms with van der Waals surface area (Å²) in [5.74, 6) is 1.19. The molecule has 0 aliphatic heterocycles. The maximum absolute atomic E-state index is 10.7. The fourth-order valence-corrected chi connectivity index (χ4v) is 2.89. The monoisotopic (exact) mass is 360 g/mol. The Morgan fingerprint density at radius 2 is 1.76 bits per heavy atom. The van der Waals surface area contributed by atoms with Crippen LogP contribution in [0.5, 0.6) is 11.5 Å². The average Bonchev–Trinajstić information content (AvgIpc) is 2.52. The van der Waals surface area contributed by atoms with Crippen molar-refractivity contribution in [2.45, 2.75) is 0 Å². The molecule has 0 aliphatic rings. The summed E-state index contributed by atoms with van der Waals surface area (Å²) >= 11 is 9.70. The molecule has 0 unspecified atom stereocenters. The normalized spacial score (nSPS) is 10.6. The van der Waals surface area contributed by atoms with Gasteiger partial charge in [0.05, 0.1) is 9.50 Å². The predicted octanol–water partition coefficient (Wildman–Crippen LogP) is 5.86. The second kappa shape index (κ2) is 5.88. The molecule has 0 spiro atoms. The third-order valence-electron chi connectivity index (χ3n) is 3.14. The SMILES string of the molecule is O=Cc1ccc(Oc2ccc3ccccc3c2Br)c(Cl)c1. The van der Waals surface area contributed by atoms with Gasteiger partial charge in [-0.2, -0.15) is 0 Å². The summed E-state index contributed by atoms with van der Waals surface area (Å²) in [6.45, 7) is 0. The first-order valence-corrected chi connectivity index (χ1v) is 7.46. The lowest BCUT2D eigenvalue weighted by molar-refractivity contribution is 0.112. The molecule has 0 aromatic heterocycles. The van der Waals surface area contributed by atoms with E-state index in [2.05, 4.69) is 15.9 Å². The number of carbonyl (C=O) groups is 1.